The lowest BCUT2D eigenvalue weighted by atomic mass is 10.1. The fourth-order valence-corrected chi connectivity index (χ4v) is 2.33. The van der Waals surface area contributed by atoms with Crippen LogP contribution < -0.4 is 10.5 Å². The third-order valence-corrected chi connectivity index (χ3v) is 3.52. The molecule has 3 aromatic heterocycles. The van der Waals surface area contributed by atoms with E-state index in [1.807, 2.05) is 18.2 Å². The molecule has 0 unspecified atom stereocenters. The molecular formula is C18H15N5O2. The van der Waals surface area contributed by atoms with Gasteiger partial charge in [0, 0.05) is 52.8 Å². The number of aromatic nitrogens is 3. The summed E-state index contributed by atoms with van der Waals surface area (Å²) in [5.41, 5.74) is 8.46. The van der Waals surface area contributed by atoms with E-state index >= 15 is 0 Å². The normalized spacial score (nSPS) is 10.8. The number of primary amides is 1. The Bertz CT molecular complexity index is 967. The minimum absolute atomic E-state index is 0.315. The monoisotopic (exact) mass is 333 g/mol. The number of rotatable bonds is 6. The van der Waals surface area contributed by atoms with Crippen LogP contribution in [0.25, 0.3) is 28.2 Å². The Morgan fingerprint density at radius 3 is 2.88 bits per heavy atom. The van der Waals surface area contributed by atoms with Crippen LogP contribution in [0.1, 0.15) is 12.0 Å². The molecule has 7 nitrogen and oxygen atoms in total. The van der Waals surface area contributed by atoms with E-state index in [9.17, 15) is 4.79 Å². The molecule has 1 amide bonds. The van der Waals surface area contributed by atoms with Crippen molar-refractivity contribution in [1.82, 2.24) is 15.0 Å². The van der Waals surface area contributed by atoms with Gasteiger partial charge in [0.2, 0.25) is 11.8 Å². The van der Waals surface area contributed by atoms with E-state index in [4.69, 9.17) is 15.7 Å². The summed E-state index contributed by atoms with van der Waals surface area (Å²) in [4.78, 5) is 22.6. The maximum Gasteiger partial charge on any atom is 0.241 e. The first kappa shape index (κ1) is 16.2. The summed E-state index contributed by atoms with van der Waals surface area (Å²) >= 11 is 0. The molecule has 0 aliphatic heterocycles. The van der Waals surface area contributed by atoms with E-state index < -0.39 is 5.91 Å². The number of nitriles is 1. The first-order chi connectivity index (χ1) is 12.2. The smallest absolute Gasteiger partial charge is 0.241 e. The lowest BCUT2D eigenvalue weighted by molar-refractivity contribution is -0.113. The number of hydrogen-bond acceptors (Lipinski definition) is 5. The van der Waals surface area contributed by atoms with Gasteiger partial charge in [0.25, 0.3) is 0 Å². The minimum atomic E-state index is -0.505. The van der Waals surface area contributed by atoms with Gasteiger partial charge in [0.15, 0.2) is 0 Å². The third kappa shape index (κ3) is 3.82. The van der Waals surface area contributed by atoms with Crippen LogP contribution in [0.2, 0.25) is 0 Å². The standard InChI is InChI=1S/C18H15N5O2/c19-6-1-7-25-17-5-3-12(9-21-17)14-8-15-13(2-4-16(20)24)10-22-18(15)23-11-14/h2-5,8-11H,1,7H2,(H2,20,24)(H,22,23). The van der Waals surface area contributed by atoms with E-state index in [1.165, 1.54) is 6.08 Å². The highest BCUT2D eigenvalue weighted by molar-refractivity contribution is 5.95. The largest absolute Gasteiger partial charge is 0.477 e. The molecule has 124 valence electrons. The maximum absolute atomic E-state index is 10.9. The lowest BCUT2D eigenvalue weighted by Crippen LogP contribution is -2.04. The number of amides is 1. The average Bonchev–Trinajstić information content (AvgIpc) is 3.03. The molecule has 3 rings (SSSR count). The van der Waals surface area contributed by atoms with Crippen LogP contribution in [0.4, 0.5) is 0 Å². The first-order valence-electron chi connectivity index (χ1n) is 7.58. The van der Waals surface area contributed by atoms with E-state index in [1.54, 1.807) is 30.7 Å². The number of aromatic amines is 1. The second-order valence-electron chi connectivity index (χ2n) is 5.24. The van der Waals surface area contributed by atoms with E-state index in [-0.39, 0.29) is 0 Å². The van der Waals surface area contributed by atoms with Gasteiger partial charge >= 0.3 is 0 Å². The average molecular weight is 333 g/mol. The molecule has 0 fully saturated rings. The molecule has 0 spiro atoms. The van der Waals surface area contributed by atoms with Gasteiger partial charge in [-0.2, -0.15) is 5.26 Å². The van der Waals surface area contributed by atoms with Crippen molar-refractivity contribution >= 4 is 23.0 Å². The highest BCUT2D eigenvalue weighted by Crippen LogP contribution is 2.25. The van der Waals surface area contributed by atoms with Crippen molar-refractivity contribution in [3.05, 3.63) is 48.4 Å². The van der Waals surface area contributed by atoms with E-state index in [2.05, 4.69) is 15.0 Å². The minimum Gasteiger partial charge on any atom is -0.477 e. The van der Waals surface area contributed by atoms with Gasteiger partial charge in [-0.25, -0.2) is 9.97 Å². The number of ether oxygens (including phenoxy) is 1. The van der Waals surface area contributed by atoms with Crippen LogP contribution in [-0.2, 0) is 4.79 Å². The molecule has 0 atom stereocenters. The Hall–Kier alpha value is -3.66. The predicted octanol–water partition coefficient (Wildman–Crippen LogP) is 2.42. The number of nitrogens with two attached hydrogens (primary N) is 1. The SMILES string of the molecule is N#CCCOc1ccc(-c2cnc3[nH]cc(C=CC(N)=O)c3c2)cn1. The maximum atomic E-state index is 10.9. The summed E-state index contributed by atoms with van der Waals surface area (Å²) < 4.78 is 5.36. The summed E-state index contributed by atoms with van der Waals surface area (Å²) in [5, 5.41) is 9.39. The van der Waals surface area contributed by atoms with Crippen LogP contribution in [0.15, 0.2) is 42.9 Å². The van der Waals surface area contributed by atoms with Crippen molar-refractivity contribution in [3.63, 3.8) is 0 Å². The van der Waals surface area contributed by atoms with Gasteiger partial charge in [-0.1, -0.05) is 0 Å². The zero-order chi connectivity index (χ0) is 17.6. The zero-order valence-corrected chi connectivity index (χ0v) is 13.3. The third-order valence-electron chi connectivity index (χ3n) is 3.52. The second kappa shape index (κ2) is 7.27. The van der Waals surface area contributed by atoms with Gasteiger partial charge in [-0.05, 0) is 18.2 Å². The number of carbonyl (C=O) groups is 1. The number of nitrogens with zero attached hydrogens (tertiary/aromatic N) is 3. The summed E-state index contributed by atoms with van der Waals surface area (Å²) in [5.74, 6) is -0.0330. The number of hydrogen-bond donors (Lipinski definition) is 2. The summed E-state index contributed by atoms with van der Waals surface area (Å²) in [6.07, 6.45) is 8.48. The Balaban J connectivity index is 1.87. The number of carbonyl (C=O) groups excluding carboxylic acids is 1. The van der Waals surface area contributed by atoms with Gasteiger partial charge < -0.3 is 15.5 Å². The van der Waals surface area contributed by atoms with Crippen molar-refractivity contribution in [2.45, 2.75) is 6.42 Å². The summed E-state index contributed by atoms with van der Waals surface area (Å²) in [6.45, 7) is 0.315. The molecule has 3 heterocycles. The zero-order valence-electron chi connectivity index (χ0n) is 13.3. The first-order valence-corrected chi connectivity index (χ1v) is 7.58. The van der Waals surface area contributed by atoms with Gasteiger partial charge in [-0.15, -0.1) is 0 Å². The molecule has 3 N–H and O–H groups in total. The van der Waals surface area contributed by atoms with Crippen LogP contribution in [-0.4, -0.2) is 27.5 Å². The lowest BCUT2D eigenvalue weighted by Gasteiger charge is -2.05. The fraction of sp³-hybridized carbons (Fsp3) is 0.111. The molecule has 0 bridgehead atoms. The van der Waals surface area contributed by atoms with Gasteiger partial charge in [0.05, 0.1) is 12.5 Å². The number of H-pyrrole nitrogens is 1. The van der Waals surface area contributed by atoms with Gasteiger partial charge in [-0.3, -0.25) is 4.79 Å². The summed E-state index contributed by atoms with van der Waals surface area (Å²) in [6, 6.07) is 7.61. The van der Waals surface area contributed by atoms with E-state index in [0.717, 1.165) is 27.7 Å². The van der Waals surface area contributed by atoms with Crippen molar-refractivity contribution in [1.29, 1.82) is 5.26 Å². The molecule has 0 saturated carbocycles. The number of fused-ring (bicyclic) bond motifs is 1. The predicted molar refractivity (Wildman–Crippen MR) is 93.3 cm³/mol. The highest BCUT2D eigenvalue weighted by atomic mass is 16.5. The molecule has 0 radical (unpaired) electrons. The number of nitrogens with one attached hydrogen (secondary N) is 1. The molecule has 0 aromatic carbocycles. The summed E-state index contributed by atoms with van der Waals surface area (Å²) in [7, 11) is 0. The molecule has 7 heteroatoms. The van der Waals surface area contributed by atoms with Crippen molar-refractivity contribution < 1.29 is 9.53 Å². The second-order valence-corrected chi connectivity index (χ2v) is 5.24. The van der Waals surface area contributed by atoms with Crippen LogP contribution in [0.5, 0.6) is 5.88 Å². The fourth-order valence-electron chi connectivity index (χ4n) is 2.33. The van der Waals surface area contributed by atoms with E-state index in [0.29, 0.717) is 18.9 Å². The Labute approximate surface area is 143 Å². The molecular weight excluding hydrogens is 318 g/mol. The Morgan fingerprint density at radius 2 is 2.16 bits per heavy atom. The van der Waals surface area contributed by atoms with Crippen LogP contribution in [0, 0.1) is 11.3 Å². The molecule has 0 saturated heterocycles. The quantitative estimate of drug-likeness (QED) is 0.530. The topological polar surface area (TPSA) is 118 Å². The van der Waals surface area contributed by atoms with Crippen molar-refractivity contribution in [3.8, 4) is 23.1 Å². The van der Waals surface area contributed by atoms with Gasteiger partial charge in [0.1, 0.15) is 12.3 Å². The molecule has 3 aromatic rings. The van der Waals surface area contributed by atoms with Crippen LogP contribution in [0.3, 0.4) is 0 Å². The van der Waals surface area contributed by atoms with Crippen molar-refractivity contribution in [2.75, 3.05) is 6.61 Å². The highest BCUT2D eigenvalue weighted by Gasteiger charge is 2.06. The Morgan fingerprint density at radius 1 is 1.32 bits per heavy atom. The number of pyridine rings is 2. The molecule has 0 aliphatic carbocycles. The van der Waals surface area contributed by atoms with Crippen molar-refractivity contribution in [2.24, 2.45) is 5.73 Å². The molecule has 25 heavy (non-hydrogen) atoms. The van der Waals surface area contributed by atoms with Crippen LogP contribution >= 0.6 is 0 Å². The Kier molecular flexibility index (Phi) is 4.72. The molecule has 0 aliphatic rings.